The van der Waals surface area contributed by atoms with Crippen LogP contribution in [0.25, 0.3) is 0 Å². The summed E-state index contributed by atoms with van der Waals surface area (Å²) < 4.78 is 0. The van der Waals surface area contributed by atoms with E-state index in [1.54, 1.807) is 0 Å². The first kappa shape index (κ1) is 12.3. The van der Waals surface area contributed by atoms with E-state index in [0.717, 1.165) is 12.0 Å². The maximum Gasteiger partial charge on any atom is 0.00683 e. The normalized spacial score (nSPS) is 36.8. The Hall–Kier alpha value is -0.120. The quantitative estimate of drug-likeness (QED) is 0.755. The predicted octanol–water partition coefficient (Wildman–Crippen LogP) is 1.19. The molecule has 1 aliphatic carbocycles. The fraction of sp³-hybridized carbons (Fsp3) is 1.00. The summed E-state index contributed by atoms with van der Waals surface area (Å²) >= 11 is 0. The molecule has 1 saturated carbocycles. The molecule has 0 aromatic carbocycles. The highest BCUT2D eigenvalue weighted by Crippen LogP contribution is 2.19. The molecular formula is C13H27N3. The lowest BCUT2D eigenvalue weighted by atomic mass is 9.91. The lowest BCUT2D eigenvalue weighted by Crippen LogP contribution is -2.39. The Morgan fingerprint density at radius 1 is 1.19 bits per heavy atom. The van der Waals surface area contributed by atoms with Crippen molar-refractivity contribution in [2.75, 3.05) is 26.2 Å². The van der Waals surface area contributed by atoms with Crippen LogP contribution in [-0.4, -0.2) is 43.2 Å². The van der Waals surface area contributed by atoms with Gasteiger partial charge in [0.05, 0.1) is 0 Å². The Morgan fingerprint density at radius 2 is 1.94 bits per heavy atom. The Bertz CT molecular complexity index is 197. The van der Waals surface area contributed by atoms with Crippen LogP contribution in [0.15, 0.2) is 0 Å². The van der Waals surface area contributed by atoms with Gasteiger partial charge in [0.15, 0.2) is 0 Å². The van der Waals surface area contributed by atoms with Crippen molar-refractivity contribution in [2.45, 2.75) is 51.1 Å². The molecule has 0 spiro atoms. The molecule has 3 N–H and O–H groups in total. The van der Waals surface area contributed by atoms with Crippen LogP contribution in [0, 0.1) is 5.92 Å². The third-order valence-electron chi connectivity index (χ3n) is 4.28. The Balaban J connectivity index is 1.61. The molecule has 1 heterocycles. The molecule has 1 saturated heterocycles. The Morgan fingerprint density at radius 3 is 2.56 bits per heavy atom. The average molecular weight is 225 g/mol. The van der Waals surface area contributed by atoms with Gasteiger partial charge in [-0.1, -0.05) is 6.92 Å². The van der Waals surface area contributed by atoms with Gasteiger partial charge in [0.2, 0.25) is 0 Å². The molecule has 2 aliphatic rings. The van der Waals surface area contributed by atoms with Crippen LogP contribution >= 0.6 is 0 Å². The minimum absolute atomic E-state index is 0.472. The topological polar surface area (TPSA) is 41.3 Å². The van der Waals surface area contributed by atoms with Crippen molar-refractivity contribution in [1.82, 2.24) is 10.2 Å². The summed E-state index contributed by atoms with van der Waals surface area (Å²) in [5, 5.41) is 3.75. The van der Waals surface area contributed by atoms with Crippen LogP contribution in [0.4, 0.5) is 0 Å². The number of hydrogen-bond acceptors (Lipinski definition) is 3. The van der Waals surface area contributed by atoms with Gasteiger partial charge in [-0.15, -0.1) is 0 Å². The molecular weight excluding hydrogens is 198 g/mol. The van der Waals surface area contributed by atoms with E-state index in [-0.39, 0.29) is 0 Å². The molecule has 0 amide bonds. The Kier molecular flexibility index (Phi) is 4.62. The third-order valence-corrected chi connectivity index (χ3v) is 4.28. The molecule has 3 heteroatoms. The van der Waals surface area contributed by atoms with Gasteiger partial charge in [-0.25, -0.2) is 0 Å². The maximum absolute atomic E-state index is 5.92. The van der Waals surface area contributed by atoms with Crippen LogP contribution in [-0.2, 0) is 0 Å². The molecule has 0 bridgehead atoms. The highest BCUT2D eigenvalue weighted by Gasteiger charge is 2.23. The molecule has 1 atom stereocenters. The van der Waals surface area contributed by atoms with Gasteiger partial charge in [0.1, 0.15) is 0 Å². The van der Waals surface area contributed by atoms with E-state index < -0.39 is 0 Å². The summed E-state index contributed by atoms with van der Waals surface area (Å²) in [7, 11) is 0. The number of hydrogen-bond donors (Lipinski definition) is 2. The van der Waals surface area contributed by atoms with Crippen molar-refractivity contribution < 1.29 is 0 Å². The second-order valence-corrected chi connectivity index (χ2v) is 5.57. The zero-order valence-corrected chi connectivity index (χ0v) is 10.6. The predicted molar refractivity (Wildman–Crippen MR) is 68.5 cm³/mol. The van der Waals surface area contributed by atoms with Gasteiger partial charge >= 0.3 is 0 Å². The van der Waals surface area contributed by atoms with Crippen molar-refractivity contribution in [3.8, 4) is 0 Å². The van der Waals surface area contributed by atoms with Gasteiger partial charge < -0.3 is 16.0 Å². The average Bonchev–Trinajstić information content (AvgIpc) is 2.76. The van der Waals surface area contributed by atoms with Crippen molar-refractivity contribution in [1.29, 1.82) is 0 Å². The highest BCUT2D eigenvalue weighted by molar-refractivity contribution is 4.82. The van der Waals surface area contributed by atoms with Crippen LogP contribution in [0.5, 0.6) is 0 Å². The van der Waals surface area contributed by atoms with Crippen molar-refractivity contribution in [3.05, 3.63) is 0 Å². The van der Waals surface area contributed by atoms with Crippen LogP contribution in [0.2, 0.25) is 0 Å². The molecule has 16 heavy (non-hydrogen) atoms. The molecule has 0 aromatic heterocycles. The van der Waals surface area contributed by atoms with Gasteiger partial charge in [0.25, 0.3) is 0 Å². The van der Waals surface area contributed by atoms with Crippen molar-refractivity contribution in [3.63, 3.8) is 0 Å². The minimum atomic E-state index is 0.472. The minimum Gasteiger partial charge on any atom is -0.328 e. The molecule has 2 fully saturated rings. The smallest absolute Gasteiger partial charge is 0.00683 e. The zero-order valence-electron chi connectivity index (χ0n) is 10.6. The highest BCUT2D eigenvalue weighted by atomic mass is 15.1. The molecule has 94 valence electrons. The summed E-state index contributed by atoms with van der Waals surface area (Å²) in [4.78, 5) is 2.56. The first-order chi connectivity index (χ1) is 7.78. The maximum atomic E-state index is 5.92. The molecule has 0 radical (unpaired) electrons. The first-order valence-corrected chi connectivity index (χ1v) is 6.99. The van der Waals surface area contributed by atoms with E-state index in [1.807, 2.05) is 0 Å². The fourth-order valence-corrected chi connectivity index (χ4v) is 3.02. The van der Waals surface area contributed by atoms with Crippen molar-refractivity contribution in [2.24, 2.45) is 11.7 Å². The van der Waals surface area contributed by atoms with Crippen LogP contribution < -0.4 is 11.1 Å². The van der Waals surface area contributed by atoms with Crippen LogP contribution in [0.1, 0.15) is 39.0 Å². The summed E-state index contributed by atoms with van der Waals surface area (Å²) in [6.45, 7) is 7.30. The standard InChI is InChI=1S/C13H27N3/c1-2-16-8-7-11(10-16)9-15-13-5-3-12(14)4-6-13/h11-13,15H,2-10,14H2,1H3. The number of rotatable bonds is 4. The fourth-order valence-electron chi connectivity index (χ4n) is 3.02. The number of nitrogens with one attached hydrogen (secondary N) is 1. The lowest BCUT2D eigenvalue weighted by molar-refractivity contribution is 0.310. The summed E-state index contributed by atoms with van der Waals surface area (Å²) in [5.41, 5.74) is 5.92. The van der Waals surface area contributed by atoms with E-state index in [2.05, 4.69) is 17.1 Å². The van der Waals surface area contributed by atoms with Gasteiger partial charge in [-0.2, -0.15) is 0 Å². The summed E-state index contributed by atoms with van der Waals surface area (Å²) in [5.74, 6) is 0.885. The van der Waals surface area contributed by atoms with E-state index in [0.29, 0.717) is 6.04 Å². The second kappa shape index (κ2) is 5.99. The SMILES string of the molecule is CCN1CCC(CNC2CCC(N)CC2)C1. The summed E-state index contributed by atoms with van der Waals surface area (Å²) in [6.07, 6.45) is 6.37. The monoisotopic (exact) mass is 225 g/mol. The van der Waals surface area contributed by atoms with E-state index in [9.17, 15) is 0 Å². The molecule has 2 rings (SSSR count). The third kappa shape index (κ3) is 3.44. The number of likely N-dealkylation sites (tertiary alicyclic amines) is 1. The van der Waals surface area contributed by atoms with Crippen LogP contribution in [0.3, 0.4) is 0 Å². The molecule has 0 aromatic rings. The largest absolute Gasteiger partial charge is 0.328 e. The first-order valence-electron chi connectivity index (χ1n) is 6.99. The van der Waals surface area contributed by atoms with Gasteiger partial charge in [-0.05, 0) is 57.7 Å². The lowest BCUT2D eigenvalue weighted by Gasteiger charge is -2.28. The van der Waals surface area contributed by atoms with Gasteiger partial charge in [-0.3, -0.25) is 0 Å². The van der Waals surface area contributed by atoms with E-state index >= 15 is 0 Å². The number of nitrogens with zero attached hydrogens (tertiary/aromatic N) is 1. The van der Waals surface area contributed by atoms with Crippen molar-refractivity contribution >= 4 is 0 Å². The second-order valence-electron chi connectivity index (χ2n) is 5.57. The Labute approximate surface area is 99.8 Å². The molecule has 3 nitrogen and oxygen atoms in total. The van der Waals surface area contributed by atoms with E-state index in [4.69, 9.17) is 5.73 Å². The molecule has 1 unspecified atom stereocenters. The van der Waals surface area contributed by atoms with Gasteiger partial charge in [0, 0.05) is 18.6 Å². The molecule has 1 aliphatic heterocycles. The zero-order chi connectivity index (χ0) is 11.4. The van der Waals surface area contributed by atoms with E-state index in [1.165, 1.54) is 58.3 Å². The number of nitrogens with two attached hydrogens (primary N) is 1. The summed E-state index contributed by atoms with van der Waals surface area (Å²) in [6, 6.07) is 1.22.